The zero-order valence-corrected chi connectivity index (χ0v) is 15.5. The number of anilines is 1. The molecule has 152 valence electrons. The topological polar surface area (TPSA) is 105 Å². The van der Waals surface area contributed by atoms with Gasteiger partial charge in [-0.25, -0.2) is 8.78 Å². The van der Waals surface area contributed by atoms with Crippen LogP contribution < -0.4 is 10.6 Å². The summed E-state index contributed by atoms with van der Waals surface area (Å²) >= 11 is 0. The van der Waals surface area contributed by atoms with Crippen LogP contribution in [0.1, 0.15) is 20.3 Å². The van der Waals surface area contributed by atoms with Crippen molar-refractivity contribution in [3.8, 4) is 0 Å². The summed E-state index contributed by atoms with van der Waals surface area (Å²) < 4.78 is 30.8. The fraction of sp³-hybridized carbons (Fsp3) is 0.444. The van der Waals surface area contributed by atoms with Crippen molar-refractivity contribution in [2.75, 3.05) is 25.0 Å². The summed E-state index contributed by atoms with van der Waals surface area (Å²) in [6, 6.07) is 2.81. The number of rotatable bonds is 7. The molecule has 0 saturated carbocycles. The van der Waals surface area contributed by atoms with Crippen molar-refractivity contribution in [2.24, 2.45) is 5.92 Å². The molecule has 3 amide bonds. The molecule has 1 atom stereocenters. The summed E-state index contributed by atoms with van der Waals surface area (Å²) in [5.74, 6) is -4.96. The molecule has 28 heavy (non-hydrogen) atoms. The standard InChI is InChI=1S/C18H21F2N3O5/c1-10(2)23-8-11(5-17(23)26)18(27)28-9-16(25)21-7-15(24)22-12-3-4-13(19)14(20)6-12/h3-4,6,10-11H,5,7-9H2,1-2H3,(H,21,25)(H,22,24). The normalized spacial score (nSPS) is 16.2. The Hall–Kier alpha value is -3.04. The Balaban J connectivity index is 1.71. The summed E-state index contributed by atoms with van der Waals surface area (Å²) in [4.78, 5) is 48.7. The second kappa shape index (κ2) is 9.25. The first-order valence-corrected chi connectivity index (χ1v) is 8.65. The van der Waals surface area contributed by atoms with E-state index in [4.69, 9.17) is 4.74 Å². The number of benzene rings is 1. The third-order valence-electron chi connectivity index (χ3n) is 4.11. The van der Waals surface area contributed by atoms with Gasteiger partial charge in [0.05, 0.1) is 12.5 Å². The van der Waals surface area contributed by atoms with Crippen molar-refractivity contribution in [3.05, 3.63) is 29.8 Å². The number of carbonyl (C=O) groups excluding carboxylic acids is 4. The lowest BCUT2D eigenvalue weighted by molar-refractivity contribution is -0.152. The van der Waals surface area contributed by atoms with Crippen LogP contribution in [0.4, 0.5) is 14.5 Å². The SMILES string of the molecule is CC(C)N1CC(C(=O)OCC(=O)NCC(=O)Nc2ccc(F)c(F)c2)CC1=O. The van der Waals surface area contributed by atoms with Gasteiger partial charge < -0.3 is 20.3 Å². The van der Waals surface area contributed by atoms with Crippen molar-refractivity contribution in [1.29, 1.82) is 0 Å². The smallest absolute Gasteiger partial charge is 0.311 e. The fourth-order valence-corrected chi connectivity index (χ4v) is 2.65. The first kappa shape index (κ1) is 21.3. The second-order valence-corrected chi connectivity index (χ2v) is 6.60. The monoisotopic (exact) mass is 397 g/mol. The number of halogens is 2. The van der Waals surface area contributed by atoms with Crippen LogP contribution in [0, 0.1) is 17.6 Å². The molecule has 0 radical (unpaired) electrons. The van der Waals surface area contributed by atoms with E-state index in [1.54, 1.807) is 4.90 Å². The number of amides is 3. The summed E-state index contributed by atoms with van der Waals surface area (Å²) in [6.07, 6.45) is 0.0370. The number of nitrogens with zero attached hydrogens (tertiary/aromatic N) is 1. The number of carbonyl (C=O) groups is 4. The number of likely N-dealkylation sites (tertiary alicyclic amines) is 1. The molecular weight excluding hydrogens is 376 g/mol. The molecule has 1 aromatic rings. The zero-order valence-electron chi connectivity index (χ0n) is 15.5. The minimum atomic E-state index is -1.12. The van der Waals surface area contributed by atoms with Gasteiger partial charge in [0.1, 0.15) is 0 Å². The average molecular weight is 397 g/mol. The van der Waals surface area contributed by atoms with Gasteiger partial charge in [-0.15, -0.1) is 0 Å². The first-order valence-electron chi connectivity index (χ1n) is 8.65. The molecule has 1 fully saturated rings. The number of esters is 1. The molecule has 0 aromatic heterocycles. The van der Waals surface area contributed by atoms with Gasteiger partial charge in [-0.2, -0.15) is 0 Å². The molecule has 1 saturated heterocycles. The summed E-state index contributed by atoms with van der Waals surface area (Å²) in [5, 5.41) is 4.52. The highest BCUT2D eigenvalue weighted by molar-refractivity contribution is 5.95. The van der Waals surface area contributed by atoms with Crippen LogP contribution in [0.15, 0.2) is 18.2 Å². The van der Waals surface area contributed by atoms with Crippen LogP contribution in [-0.2, 0) is 23.9 Å². The Morgan fingerprint density at radius 1 is 1.21 bits per heavy atom. The highest BCUT2D eigenvalue weighted by atomic mass is 19.2. The van der Waals surface area contributed by atoms with E-state index in [0.29, 0.717) is 0 Å². The van der Waals surface area contributed by atoms with Gasteiger partial charge in [-0.1, -0.05) is 0 Å². The van der Waals surface area contributed by atoms with Crippen molar-refractivity contribution in [3.63, 3.8) is 0 Å². The van der Waals surface area contributed by atoms with Crippen LogP contribution >= 0.6 is 0 Å². The van der Waals surface area contributed by atoms with E-state index in [1.807, 2.05) is 13.8 Å². The molecule has 1 aliphatic heterocycles. The fourth-order valence-electron chi connectivity index (χ4n) is 2.65. The first-order chi connectivity index (χ1) is 13.2. The minimum absolute atomic E-state index is 0.0262. The van der Waals surface area contributed by atoms with Crippen LogP contribution in [0.3, 0.4) is 0 Å². The summed E-state index contributed by atoms with van der Waals surface area (Å²) in [5.41, 5.74) is 0.0326. The maximum Gasteiger partial charge on any atom is 0.311 e. The predicted octanol–water partition coefficient (Wildman–Crippen LogP) is 0.820. The predicted molar refractivity (Wildman–Crippen MR) is 93.9 cm³/mol. The lowest BCUT2D eigenvalue weighted by Gasteiger charge is -2.20. The molecule has 0 spiro atoms. The Labute approximate surface area is 160 Å². The molecule has 0 aliphatic carbocycles. The lowest BCUT2D eigenvalue weighted by Crippen LogP contribution is -2.36. The minimum Gasteiger partial charge on any atom is -0.455 e. The lowest BCUT2D eigenvalue weighted by atomic mass is 10.1. The Bertz CT molecular complexity index is 784. The Kier molecular flexibility index (Phi) is 7.02. The maximum absolute atomic E-state index is 13.1. The van der Waals surface area contributed by atoms with E-state index in [0.717, 1.165) is 12.1 Å². The largest absolute Gasteiger partial charge is 0.455 e. The zero-order chi connectivity index (χ0) is 20.8. The maximum atomic E-state index is 13.1. The number of hydrogen-bond donors (Lipinski definition) is 2. The van der Waals surface area contributed by atoms with Gasteiger partial charge in [0.25, 0.3) is 5.91 Å². The van der Waals surface area contributed by atoms with Gasteiger partial charge in [-0.05, 0) is 26.0 Å². The average Bonchev–Trinajstić information content (AvgIpc) is 3.03. The third kappa shape index (κ3) is 5.73. The van der Waals surface area contributed by atoms with Gasteiger partial charge in [0, 0.05) is 30.8 Å². The summed E-state index contributed by atoms with van der Waals surface area (Å²) in [7, 11) is 0. The van der Waals surface area contributed by atoms with Crippen LogP contribution in [0.2, 0.25) is 0 Å². The van der Waals surface area contributed by atoms with Crippen LogP contribution in [0.5, 0.6) is 0 Å². The van der Waals surface area contributed by atoms with Crippen molar-refractivity contribution in [2.45, 2.75) is 26.3 Å². The van der Waals surface area contributed by atoms with Gasteiger partial charge >= 0.3 is 5.97 Å². The molecule has 1 heterocycles. The van der Waals surface area contributed by atoms with Crippen LogP contribution in [0.25, 0.3) is 0 Å². The summed E-state index contributed by atoms with van der Waals surface area (Å²) in [6.45, 7) is 2.88. The second-order valence-electron chi connectivity index (χ2n) is 6.60. The Morgan fingerprint density at radius 3 is 2.54 bits per heavy atom. The quantitative estimate of drug-likeness (QED) is 0.663. The molecule has 1 aromatic carbocycles. The van der Waals surface area contributed by atoms with E-state index in [1.165, 1.54) is 6.07 Å². The molecule has 0 bridgehead atoms. The van der Waals surface area contributed by atoms with Gasteiger partial charge in [0.2, 0.25) is 11.8 Å². The highest BCUT2D eigenvalue weighted by Gasteiger charge is 2.36. The molecule has 1 aliphatic rings. The van der Waals surface area contributed by atoms with Gasteiger partial charge in [0.15, 0.2) is 18.2 Å². The Morgan fingerprint density at radius 2 is 1.93 bits per heavy atom. The number of nitrogens with one attached hydrogen (secondary N) is 2. The molecule has 2 N–H and O–H groups in total. The van der Waals surface area contributed by atoms with Crippen molar-refractivity contribution >= 4 is 29.4 Å². The molecule has 8 nitrogen and oxygen atoms in total. The van der Waals surface area contributed by atoms with E-state index >= 15 is 0 Å². The van der Waals surface area contributed by atoms with Crippen LogP contribution in [-0.4, -0.2) is 54.3 Å². The van der Waals surface area contributed by atoms with E-state index in [2.05, 4.69) is 10.6 Å². The van der Waals surface area contributed by atoms with E-state index in [-0.39, 0.29) is 30.6 Å². The van der Waals surface area contributed by atoms with Crippen molar-refractivity contribution in [1.82, 2.24) is 10.2 Å². The van der Waals surface area contributed by atoms with E-state index < -0.39 is 48.5 Å². The van der Waals surface area contributed by atoms with Gasteiger partial charge in [-0.3, -0.25) is 19.2 Å². The number of hydrogen-bond acceptors (Lipinski definition) is 5. The van der Waals surface area contributed by atoms with E-state index in [9.17, 15) is 28.0 Å². The third-order valence-corrected chi connectivity index (χ3v) is 4.11. The molecule has 10 heteroatoms. The van der Waals surface area contributed by atoms with Crippen molar-refractivity contribution < 1.29 is 32.7 Å². The number of ether oxygens (including phenoxy) is 1. The highest BCUT2D eigenvalue weighted by Crippen LogP contribution is 2.21. The molecule has 2 rings (SSSR count). The molecular formula is C18H21F2N3O5. The molecule has 1 unspecified atom stereocenters.